The first-order valence-corrected chi connectivity index (χ1v) is 9.85. The van der Waals surface area contributed by atoms with Crippen LogP contribution in [0.3, 0.4) is 0 Å². The maximum atomic E-state index is 12.5. The summed E-state index contributed by atoms with van der Waals surface area (Å²) in [7, 11) is 0. The normalized spacial score (nSPS) is 17.1. The van der Waals surface area contributed by atoms with E-state index in [0.717, 1.165) is 38.3 Å². The second-order valence-corrected chi connectivity index (χ2v) is 7.39. The fraction of sp³-hybridized carbons (Fsp3) is 0.429. The Morgan fingerprint density at radius 1 is 1.07 bits per heavy atom. The predicted octanol–water partition coefficient (Wildman–Crippen LogP) is 2.69. The fourth-order valence-corrected chi connectivity index (χ4v) is 3.68. The van der Waals surface area contributed by atoms with Crippen molar-refractivity contribution in [2.24, 2.45) is 5.92 Å². The molecule has 0 saturated carbocycles. The molecule has 2 aromatic rings. The zero-order valence-electron chi connectivity index (χ0n) is 15.9. The van der Waals surface area contributed by atoms with Crippen LogP contribution in [0.25, 0.3) is 0 Å². The van der Waals surface area contributed by atoms with Crippen molar-refractivity contribution in [1.29, 1.82) is 0 Å². The first-order valence-electron chi connectivity index (χ1n) is 9.85. The third kappa shape index (κ3) is 4.36. The van der Waals surface area contributed by atoms with E-state index in [9.17, 15) is 9.59 Å². The molecule has 0 radical (unpaired) electrons. The van der Waals surface area contributed by atoms with Crippen LogP contribution < -0.4 is 10.6 Å². The molecule has 3 heterocycles. The van der Waals surface area contributed by atoms with E-state index in [4.69, 9.17) is 4.74 Å². The van der Waals surface area contributed by atoms with Gasteiger partial charge >= 0.3 is 6.03 Å². The van der Waals surface area contributed by atoms with Gasteiger partial charge in [0.1, 0.15) is 0 Å². The first-order chi connectivity index (χ1) is 13.7. The number of nitrogens with one attached hydrogen (secondary N) is 2. The molecule has 0 spiro atoms. The summed E-state index contributed by atoms with van der Waals surface area (Å²) in [5.74, 6) is 0.406. The maximum absolute atomic E-state index is 12.5. The molecule has 2 aliphatic rings. The molecule has 28 heavy (non-hydrogen) atoms. The third-order valence-electron chi connectivity index (χ3n) is 5.46. The van der Waals surface area contributed by atoms with Crippen molar-refractivity contribution in [3.63, 3.8) is 0 Å². The average molecular weight is 382 g/mol. The van der Waals surface area contributed by atoms with Gasteiger partial charge in [-0.1, -0.05) is 0 Å². The fourth-order valence-electron chi connectivity index (χ4n) is 3.68. The second kappa shape index (κ2) is 8.48. The van der Waals surface area contributed by atoms with E-state index in [1.165, 1.54) is 0 Å². The number of carbonyl (C=O) groups excluding carboxylic acids is 2. The molecule has 148 valence electrons. The Morgan fingerprint density at radius 3 is 2.64 bits per heavy atom. The lowest BCUT2D eigenvalue weighted by Crippen LogP contribution is -2.40. The van der Waals surface area contributed by atoms with Crippen molar-refractivity contribution < 1.29 is 14.3 Å². The average Bonchev–Trinajstić information content (AvgIpc) is 3.21. The number of benzene rings is 1. The van der Waals surface area contributed by atoms with Crippen LogP contribution in [0.4, 0.5) is 10.5 Å². The number of fused-ring (bicyclic) bond motifs is 1. The van der Waals surface area contributed by atoms with Crippen LogP contribution in [-0.4, -0.2) is 47.7 Å². The van der Waals surface area contributed by atoms with E-state index in [1.807, 2.05) is 18.3 Å². The molecule has 2 N–H and O–H groups in total. The summed E-state index contributed by atoms with van der Waals surface area (Å²) in [4.78, 5) is 26.6. The van der Waals surface area contributed by atoms with Crippen LogP contribution >= 0.6 is 0 Å². The summed E-state index contributed by atoms with van der Waals surface area (Å²) in [6.07, 6.45) is 4.02. The number of anilines is 1. The van der Waals surface area contributed by atoms with Gasteiger partial charge in [-0.3, -0.25) is 4.79 Å². The molecule has 7 nitrogen and oxygen atoms in total. The lowest BCUT2D eigenvalue weighted by atomic mass is 10.0. The van der Waals surface area contributed by atoms with Crippen molar-refractivity contribution in [2.45, 2.75) is 25.9 Å². The minimum Gasteiger partial charge on any atom is -0.381 e. The minimum absolute atomic E-state index is 0.0823. The number of carbonyl (C=O) groups is 2. The van der Waals surface area contributed by atoms with Gasteiger partial charge in [0, 0.05) is 56.0 Å². The quantitative estimate of drug-likeness (QED) is 0.854. The summed E-state index contributed by atoms with van der Waals surface area (Å²) < 4.78 is 7.51. The highest BCUT2D eigenvalue weighted by atomic mass is 16.5. The number of nitrogens with zero attached hydrogens (tertiary/aromatic N) is 2. The highest BCUT2D eigenvalue weighted by molar-refractivity contribution is 5.95. The van der Waals surface area contributed by atoms with Gasteiger partial charge in [-0.2, -0.15) is 0 Å². The number of aromatic nitrogens is 1. The van der Waals surface area contributed by atoms with Gasteiger partial charge in [0.15, 0.2) is 0 Å². The molecule has 1 saturated heterocycles. The Hall–Kier alpha value is -2.80. The Kier molecular flexibility index (Phi) is 5.62. The molecule has 0 bridgehead atoms. The minimum atomic E-state index is -0.121. The van der Waals surface area contributed by atoms with E-state index >= 15 is 0 Å². The standard InChI is InChI=1S/C21H26N4O3/c26-20(22-14-16-7-12-28-13-8-16)17-3-5-18(6-4-17)23-21(27)25-11-10-24-9-1-2-19(24)15-25/h1-6,9,16H,7-8,10-15H2,(H,22,26)(H,23,27). The Labute approximate surface area is 164 Å². The number of ether oxygens (including phenoxy) is 1. The molecule has 0 unspecified atom stereocenters. The topological polar surface area (TPSA) is 75.6 Å². The van der Waals surface area contributed by atoms with E-state index in [1.54, 1.807) is 29.2 Å². The van der Waals surface area contributed by atoms with Crippen molar-refractivity contribution in [3.05, 3.63) is 53.9 Å². The SMILES string of the molecule is O=C(NCC1CCOCC1)c1ccc(NC(=O)N2CCn3cccc3C2)cc1. The number of rotatable bonds is 4. The van der Waals surface area contributed by atoms with Crippen molar-refractivity contribution in [1.82, 2.24) is 14.8 Å². The van der Waals surface area contributed by atoms with Gasteiger partial charge in [-0.25, -0.2) is 4.79 Å². The zero-order valence-corrected chi connectivity index (χ0v) is 15.9. The maximum Gasteiger partial charge on any atom is 0.322 e. The van der Waals surface area contributed by atoms with Crippen LogP contribution in [0, 0.1) is 5.92 Å². The number of hydrogen-bond acceptors (Lipinski definition) is 3. The molecule has 1 aromatic carbocycles. The monoisotopic (exact) mass is 382 g/mol. The second-order valence-electron chi connectivity index (χ2n) is 7.39. The first kappa shape index (κ1) is 18.6. The molecule has 1 fully saturated rings. The van der Waals surface area contributed by atoms with Gasteiger partial charge < -0.3 is 24.8 Å². The van der Waals surface area contributed by atoms with Gasteiger partial charge in [-0.15, -0.1) is 0 Å². The lowest BCUT2D eigenvalue weighted by molar-refractivity contribution is 0.0642. The molecule has 2 aliphatic heterocycles. The van der Waals surface area contributed by atoms with Crippen LogP contribution in [-0.2, 0) is 17.8 Å². The van der Waals surface area contributed by atoms with Gasteiger partial charge in [0.2, 0.25) is 0 Å². The summed E-state index contributed by atoms with van der Waals surface area (Å²) in [6.45, 7) is 4.32. The van der Waals surface area contributed by atoms with E-state index in [-0.39, 0.29) is 11.9 Å². The number of hydrogen-bond donors (Lipinski definition) is 2. The third-order valence-corrected chi connectivity index (χ3v) is 5.46. The number of urea groups is 1. The summed E-state index contributed by atoms with van der Waals surface area (Å²) in [5, 5.41) is 5.91. The Balaban J connectivity index is 1.28. The highest BCUT2D eigenvalue weighted by Crippen LogP contribution is 2.16. The molecule has 0 atom stereocenters. The molecule has 7 heteroatoms. The molecular formula is C21H26N4O3. The van der Waals surface area contributed by atoms with E-state index in [0.29, 0.717) is 36.8 Å². The highest BCUT2D eigenvalue weighted by Gasteiger charge is 2.20. The van der Waals surface area contributed by atoms with E-state index in [2.05, 4.69) is 15.2 Å². The van der Waals surface area contributed by atoms with Crippen molar-refractivity contribution in [2.75, 3.05) is 31.6 Å². The molecular weight excluding hydrogens is 356 g/mol. The summed E-state index contributed by atoms with van der Waals surface area (Å²) in [6, 6.07) is 11.0. The van der Waals surface area contributed by atoms with Gasteiger partial charge in [-0.05, 0) is 55.2 Å². The molecule has 1 aromatic heterocycles. The molecule has 4 rings (SSSR count). The predicted molar refractivity (Wildman–Crippen MR) is 106 cm³/mol. The largest absolute Gasteiger partial charge is 0.381 e. The Morgan fingerprint density at radius 2 is 1.86 bits per heavy atom. The Bertz CT molecular complexity index is 824. The van der Waals surface area contributed by atoms with E-state index < -0.39 is 0 Å². The number of amides is 3. The van der Waals surface area contributed by atoms with Crippen LogP contribution in [0.1, 0.15) is 28.9 Å². The smallest absolute Gasteiger partial charge is 0.322 e. The van der Waals surface area contributed by atoms with Crippen LogP contribution in [0.2, 0.25) is 0 Å². The van der Waals surface area contributed by atoms with Gasteiger partial charge in [0.25, 0.3) is 5.91 Å². The van der Waals surface area contributed by atoms with Gasteiger partial charge in [0.05, 0.1) is 6.54 Å². The van der Waals surface area contributed by atoms with Crippen molar-refractivity contribution in [3.8, 4) is 0 Å². The zero-order chi connectivity index (χ0) is 19.3. The summed E-state index contributed by atoms with van der Waals surface area (Å²) in [5.41, 5.74) is 2.42. The molecule has 3 amide bonds. The van der Waals surface area contributed by atoms with Crippen LogP contribution in [0.15, 0.2) is 42.6 Å². The lowest BCUT2D eigenvalue weighted by Gasteiger charge is -2.28. The van der Waals surface area contributed by atoms with Crippen LogP contribution in [0.5, 0.6) is 0 Å². The molecule has 0 aliphatic carbocycles. The summed E-state index contributed by atoms with van der Waals surface area (Å²) >= 11 is 0. The van der Waals surface area contributed by atoms with Crippen molar-refractivity contribution >= 4 is 17.6 Å².